The van der Waals surface area contributed by atoms with Gasteiger partial charge < -0.3 is 9.88 Å². The predicted octanol–water partition coefficient (Wildman–Crippen LogP) is 2.65. The van der Waals surface area contributed by atoms with Crippen molar-refractivity contribution in [2.45, 2.75) is 26.3 Å². The molecule has 5 heteroatoms. The molecule has 0 spiro atoms. The zero-order valence-electron chi connectivity index (χ0n) is 13.7. The number of aromatic nitrogens is 2. The molecule has 1 saturated heterocycles. The van der Waals surface area contributed by atoms with Gasteiger partial charge in [0, 0.05) is 44.0 Å². The van der Waals surface area contributed by atoms with Gasteiger partial charge in [-0.1, -0.05) is 25.1 Å². The lowest BCUT2D eigenvalue weighted by Gasteiger charge is -2.34. The van der Waals surface area contributed by atoms with Gasteiger partial charge in [0.05, 0.1) is 12.0 Å². The van der Waals surface area contributed by atoms with Crippen molar-refractivity contribution >= 4 is 12.4 Å². The molecule has 1 aromatic carbocycles. The molecule has 0 amide bonds. The third-order valence-corrected chi connectivity index (χ3v) is 5.09. The number of fused-ring (bicyclic) bond motifs is 1. The zero-order valence-corrected chi connectivity index (χ0v) is 14.5. The molecule has 1 unspecified atom stereocenters. The van der Waals surface area contributed by atoms with E-state index in [1.165, 1.54) is 30.0 Å². The molecule has 1 atom stereocenters. The maximum Gasteiger partial charge on any atom is 0.0998 e. The Kier molecular flexibility index (Phi) is 4.76. The lowest BCUT2D eigenvalue weighted by Crippen LogP contribution is -2.40. The van der Waals surface area contributed by atoms with Crippen LogP contribution in [0.15, 0.2) is 36.7 Å². The monoisotopic (exact) mass is 332 g/mol. The number of rotatable bonds is 3. The van der Waals surface area contributed by atoms with Gasteiger partial charge in [0.25, 0.3) is 0 Å². The van der Waals surface area contributed by atoms with Crippen LogP contribution in [0.25, 0.3) is 5.69 Å². The van der Waals surface area contributed by atoms with Crippen LogP contribution in [0.5, 0.6) is 0 Å². The molecule has 0 radical (unpaired) electrons. The first-order valence-electron chi connectivity index (χ1n) is 8.27. The van der Waals surface area contributed by atoms with Crippen LogP contribution < -0.4 is 5.32 Å². The minimum Gasteiger partial charge on any atom is -0.316 e. The van der Waals surface area contributed by atoms with E-state index in [-0.39, 0.29) is 12.4 Å². The summed E-state index contributed by atoms with van der Waals surface area (Å²) in [5, 5.41) is 3.50. The number of nitrogens with one attached hydrogen (secondary N) is 1. The lowest BCUT2D eigenvalue weighted by atomic mass is 9.88. The van der Waals surface area contributed by atoms with Crippen molar-refractivity contribution in [2.24, 2.45) is 5.41 Å². The molecular formula is C18H25ClN4. The third kappa shape index (κ3) is 3.30. The smallest absolute Gasteiger partial charge is 0.0998 e. The summed E-state index contributed by atoms with van der Waals surface area (Å²) in [7, 11) is 0. The van der Waals surface area contributed by atoms with Crippen LogP contribution in [0.1, 0.15) is 24.7 Å². The van der Waals surface area contributed by atoms with E-state index in [2.05, 4.69) is 57.0 Å². The van der Waals surface area contributed by atoms with Crippen LogP contribution in [0, 0.1) is 5.41 Å². The average molecular weight is 333 g/mol. The van der Waals surface area contributed by atoms with Gasteiger partial charge >= 0.3 is 0 Å². The van der Waals surface area contributed by atoms with E-state index in [0.717, 1.165) is 32.6 Å². The Hall–Kier alpha value is -1.36. The van der Waals surface area contributed by atoms with Gasteiger partial charge in [0.2, 0.25) is 0 Å². The summed E-state index contributed by atoms with van der Waals surface area (Å²) in [6.07, 6.45) is 4.37. The minimum absolute atomic E-state index is 0. The Morgan fingerprint density at radius 3 is 2.83 bits per heavy atom. The van der Waals surface area contributed by atoms with Gasteiger partial charge in [-0.3, -0.25) is 4.90 Å². The number of nitrogens with zero attached hydrogens (tertiary/aromatic N) is 3. The van der Waals surface area contributed by atoms with Crippen LogP contribution in [-0.4, -0.2) is 40.6 Å². The Bertz CT molecular complexity index is 646. The molecule has 23 heavy (non-hydrogen) atoms. The molecule has 4 rings (SSSR count). The molecule has 0 bridgehead atoms. The molecule has 0 aliphatic carbocycles. The number of para-hydroxylation sites is 1. The van der Waals surface area contributed by atoms with Crippen LogP contribution >= 0.6 is 12.4 Å². The van der Waals surface area contributed by atoms with Gasteiger partial charge in [-0.2, -0.15) is 0 Å². The second-order valence-corrected chi connectivity index (χ2v) is 7.04. The summed E-state index contributed by atoms with van der Waals surface area (Å²) >= 11 is 0. The Morgan fingerprint density at radius 2 is 2.09 bits per heavy atom. The van der Waals surface area contributed by atoms with E-state index in [9.17, 15) is 0 Å². The Morgan fingerprint density at radius 1 is 1.26 bits per heavy atom. The van der Waals surface area contributed by atoms with E-state index in [1.54, 1.807) is 0 Å². The topological polar surface area (TPSA) is 33.1 Å². The Labute approximate surface area is 144 Å². The van der Waals surface area contributed by atoms with Gasteiger partial charge in [0.1, 0.15) is 0 Å². The summed E-state index contributed by atoms with van der Waals surface area (Å²) in [5.41, 5.74) is 4.29. The summed E-state index contributed by atoms with van der Waals surface area (Å²) < 4.78 is 2.26. The summed E-state index contributed by atoms with van der Waals surface area (Å²) in [6, 6.07) is 10.5. The first-order chi connectivity index (χ1) is 10.7. The Balaban J connectivity index is 0.00000156. The highest BCUT2D eigenvalue weighted by atomic mass is 35.5. The fourth-order valence-corrected chi connectivity index (χ4v) is 3.85. The van der Waals surface area contributed by atoms with Crippen LogP contribution in [0.2, 0.25) is 0 Å². The quantitative estimate of drug-likeness (QED) is 0.938. The molecular weight excluding hydrogens is 308 g/mol. The van der Waals surface area contributed by atoms with Crippen molar-refractivity contribution in [1.29, 1.82) is 0 Å². The van der Waals surface area contributed by atoms with Crippen molar-refractivity contribution < 1.29 is 0 Å². The molecule has 124 valence electrons. The fraction of sp³-hybridized carbons (Fsp3) is 0.500. The number of hydrogen-bond acceptors (Lipinski definition) is 3. The third-order valence-electron chi connectivity index (χ3n) is 5.09. The molecule has 2 aliphatic rings. The molecule has 3 heterocycles. The molecule has 1 N–H and O–H groups in total. The molecule has 2 aromatic rings. The molecule has 0 saturated carbocycles. The van der Waals surface area contributed by atoms with Gasteiger partial charge in [-0.25, -0.2) is 4.98 Å². The highest BCUT2D eigenvalue weighted by Crippen LogP contribution is 2.29. The van der Waals surface area contributed by atoms with Crippen molar-refractivity contribution in [3.8, 4) is 5.69 Å². The number of benzene rings is 1. The standard InChI is InChI=1S/C18H24N4.ClH/c1-18(8-9-19-12-18)13-21-10-7-17-16(11-21)20-14-22(17)15-5-3-2-4-6-15;/h2-6,14,19H,7-13H2,1H3;1H. The van der Waals surface area contributed by atoms with Crippen LogP contribution in [-0.2, 0) is 13.0 Å². The minimum atomic E-state index is 0. The van der Waals surface area contributed by atoms with Crippen LogP contribution in [0.4, 0.5) is 0 Å². The van der Waals surface area contributed by atoms with Crippen LogP contribution in [0.3, 0.4) is 0 Å². The molecule has 1 fully saturated rings. The van der Waals surface area contributed by atoms with Crippen molar-refractivity contribution in [3.63, 3.8) is 0 Å². The van der Waals surface area contributed by atoms with Crippen molar-refractivity contribution in [3.05, 3.63) is 48.0 Å². The summed E-state index contributed by atoms with van der Waals surface area (Å²) in [4.78, 5) is 7.27. The normalized spacial score (nSPS) is 24.2. The maximum atomic E-state index is 4.69. The predicted molar refractivity (Wildman–Crippen MR) is 95.4 cm³/mol. The maximum absolute atomic E-state index is 4.69. The van der Waals surface area contributed by atoms with Gasteiger partial charge in [-0.15, -0.1) is 12.4 Å². The lowest BCUT2D eigenvalue weighted by molar-refractivity contribution is 0.162. The van der Waals surface area contributed by atoms with E-state index in [4.69, 9.17) is 0 Å². The summed E-state index contributed by atoms with van der Waals surface area (Å²) in [5.74, 6) is 0. The zero-order chi connectivity index (χ0) is 15.0. The molecule has 4 nitrogen and oxygen atoms in total. The van der Waals surface area contributed by atoms with Crippen molar-refractivity contribution in [1.82, 2.24) is 19.8 Å². The van der Waals surface area contributed by atoms with E-state index < -0.39 is 0 Å². The van der Waals surface area contributed by atoms with E-state index in [1.807, 2.05) is 6.33 Å². The van der Waals surface area contributed by atoms with E-state index >= 15 is 0 Å². The summed E-state index contributed by atoms with van der Waals surface area (Å²) in [6.45, 7) is 8.03. The SMILES string of the molecule is CC1(CN2CCc3c(ncn3-c3ccccc3)C2)CCNC1.Cl. The fourth-order valence-electron chi connectivity index (χ4n) is 3.85. The highest BCUT2D eigenvalue weighted by Gasteiger charge is 2.32. The second-order valence-electron chi connectivity index (χ2n) is 7.04. The number of halogens is 1. The highest BCUT2D eigenvalue weighted by molar-refractivity contribution is 5.85. The first kappa shape index (κ1) is 16.5. The second kappa shape index (κ2) is 6.63. The van der Waals surface area contributed by atoms with Gasteiger partial charge in [-0.05, 0) is 30.5 Å². The first-order valence-corrected chi connectivity index (χ1v) is 8.27. The largest absolute Gasteiger partial charge is 0.316 e. The van der Waals surface area contributed by atoms with E-state index in [0.29, 0.717) is 5.41 Å². The van der Waals surface area contributed by atoms with Crippen molar-refractivity contribution in [2.75, 3.05) is 26.2 Å². The molecule has 1 aromatic heterocycles. The number of imidazole rings is 1. The van der Waals surface area contributed by atoms with Gasteiger partial charge in [0.15, 0.2) is 0 Å². The molecule has 2 aliphatic heterocycles. The average Bonchev–Trinajstić information content (AvgIpc) is 3.14. The number of hydrogen-bond donors (Lipinski definition) is 1.